The molecule has 0 aliphatic carbocycles. The molecule has 0 saturated carbocycles. The standard InChI is InChI=1S/C21H31N5O/c1-2-18-12-19-20(24-21(18)27)11-17(13-23-19)15-26-9-7-25(8-10-26)14-16-3-5-22-6-4-16/h11-13,16,22H,2-10,14-15H2,1H3,(H,24,27). The highest BCUT2D eigenvalue weighted by Crippen LogP contribution is 2.17. The van der Waals surface area contributed by atoms with Gasteiger partial charge >= 0.3 is 0 Å². The van der Waals surface area contributed by atoms with Crippen LogP contribution in [0.25, 0.3) is 11.0 Å². The first-order valence-electron chi connectivity index (χ1n) is 10.4. The molecular weight excluding hydrogens is 338 g/mol. The van der Waals surface area contributed by atoms with Gasteiger partial charge in [-0.1, -0.05) is 6.92 Å². The van der Waals surface area contributed by atoms with Gasteiger partial charge in [-0.15, -0.1) is 0 Å². The lowest BCUT2D eigenvalue weighted by Crippen LogP contribution is -2.48. The van der Waals surface area contributed by atoms with Crippen LogP contribution in [-0.2, 0) is 13.0 Å². The lowest BCUT2D eigenvalue weighted by molar-refractivity contribution is 0.107. The Morgan fingerprint density at radius 3 is 2.59 bits per heavy atom. The Kier molecular flexibility index (Phi) is 5.86. The highest BCUT2D eigenvalue weighted by atomic mass is 16.1. The first-order chi connectivity index (χ1) is 13.2. The van der Waals surface area contributed by atoms with Gasteiger partial charge in [-0.25, -0.2) is 0 Å². The molecule has 2 N–H and O–H groups in total. The SMILES string of the molecule is CCc1cc2ncc(CN3CCN(CC4CCNCC4)CC3)cc2[nH]c1=O. The number of fused-ring (bicyclic) bond motifs is 1. The Balaban J connectivity index is 1.34. The fourth-order valence-electron chi connectivity index (χ4n) is 4.33. The molecular formula is C21H31N5O. The second-order valence-corrected chi connectivity index (χ2v) is 8.02. The third kappa shape index (κ3) is 4.57. The molecule has 2 aliphatic rings. The van der Waals surface area contributed by atoms with Gasteiger partial charge in [-0.2, -0.15) is 0 Å². The maximum absolute atomic E-state index is 12.1. The van der Waals surface area contributed by atoms with Gasteiger partial charge < -0.3 is 15.2 Å². The van der Waals surface area contributed by atoms with E-state index in [0.29, 0.717) is 0 Å². The summed E-state index contributed by atoms with van der Waals surface area (Å²) in [4.78, 5) is 24.8. The summed E-state index contributed by atoms with van der Waals surface area (Å²) in [6.45, 7) is 11.0. The average Bonchev–Trinajstić information content (AvgIpc) is 2.70. The van der Waals surface area contributed by atoms with Crippen LogP contribution in [-0.4, -0.2) is 65.6 Å². The van der Waals surface area contributed by atoms with E-state index in [1.807, 2.05) is 19.2 Å². The van der Waals surface area contributed by atoms with Crippen molar-refractivity contribution in [2.75, 3.05) is 45.8 Å². The van der Waals surface area contributed by atoms with Crippen LogP contribution in [0.4, 0.5) is 0 Å². The van der Waals surface area contributed by atoms with Crippen molar-refractivity contribution in [1.82, 2.24) is 25.1 Å². The second kappa shape index (κ2) is 8.50. The highest BCUT2D eigenvalue weighted by molar-refractivity contribution is 5.74. The smallest absolute Gasteiger partial charge is 0.251 e. The molecule has 2 aromatic heterocycles. The molecule has 0 bridgehead atoms. The molecule has 4 rings (SSSR count). The molecule has 27 heavy (non-hydrogen) atoms. The number of aromatic amines is 1. The summed E-state index contributed by atoms with van der Waals surface area (Å²) in [5.74, 6) is 0.868. The van der Waals surface area contributed by atoms with E-state index in [9.17, 15) is 4.79 Å². The molecule has 0 amide bonds. The average molecular weight is 370 g/mol. The number of nitrogens with zero attached hydrogens (tertiary/aromatic N) is 3. The monoisotopic (exact) mass is 369 g/mol. The van der Waals surface area contributed by atoms with Gasteiger partial charge in [0, 0.05) is 51.0 Å². The normalized spacial score (nSPS) is 20.3. The van der Waals surface area contributed by atoms with Gasteiger partial charge in [0.15, 0.2) is 0 Å². The van der Waals surface area contributed by atoms with E-state index in [1.165, 1.54) is 38.0 Å². The van der Waals surface area contributed by atoms with Crippen molar-refractivity contribution in [1.29, 1.82) is 0 Å². The van der Waals surface area contributed by atoms with E-state index in [4.69, 9.17) is 0 Å². The highest BCUT2D eigenvalue weighted by Gasteiger charge is 2.21. The quantitative estimate of drug-likeness (QED) is 0.838. The van der Waals surface area contributed by atoms with E-state index in [1.54, 1.807) is 0 Å². The van der Waals surface area contributed by atoms with Crippen LogP contribution in [0.15, 0.2) is 23.1 Å². The summed E-state index contributed by atoms with van der Waals surface area (Å²) in [6.07, 6.45) is 5.33. The van der Waals surface area contributed by atoms with Gasteiger partial charge in [-0.3, -0.25) is 14.7 Å². The molecule has 2 fully saturated rings. The van der Waals surface area contributed by atoms with E-state index in [-0.39, 0.29) is 5.56 Å². The summed E-state index contributed by atoms with van der Waals surface area (Å²) in [5, 5.41) is 3.45. The number of H-pyrrole nitrogens is 1. The molecule has 0 radical (unpaired) electrons. The Labute approximate surface area is 161 Å². The Morgan fingerprint density at radius 2 is 1.85 bits per heavy atom. The van der Waals surface area contributed by atoms with E-state index in [0.717, 1.165) is 61.7 Å². The van der Waals surface area contributed by atoms with Gasteiger partial charge in [0.25, 0.3) is 5.56 Å². The summed E-state index contributed by atoms with van der Waals surface area (Å²) in [6, 6.07) is 4.00. The van der Waals surface area contributed by atoms with E-state index < -0.39 is 0 Å². The number of rotatable bonds is 5. The molecule has 6 heteroatoms. The first-order valence-corrected chi connectivity index (χ1v) is 10.4. The van der Waals surface area contributed by atoms with Gasteiger partial charge in [0.05, 0.1) is 11.0 Å². The van der Waals surface area contributed by atoms with Gasteiger partial charge in [0.2, 0.25) is 0 Å². The number of aromatic nitrogens is 2. The van der Waals surface area contributed by atoms with Crippen LogP contribution in [0.1, 0.15) is 30.9 Å². The zero-order chi connectivity index (χ0) is 18.6. The largest absolute Gasteiger partial charge is 0.320 e. The fourth-order valence-corrected chi connectivity index (χ4v) is 4.33. The van der Waals surface area contributed by atoms with Crippen LogP contribution in [0.5, 0.6) is 0 Å². The molecule has 146 valence electrons. The van der Waals surface area contributed by atoms with Crippen molar-refractivity contribution < 1.29 is 0 Å². The Hall–Kier alpha value is -1.76. The molecule has 0 atom stereocenters. The van der Waals surface area contributed by atoms with Crippen LogP contribution < -0.4 is 10.9 Å². The molecule has 2 aliphatic heterocycles. The van der Waals surface area contributed by atoms with Crippen molar-refractivity contribution >= 4 is 11.0 Å². The van der Waals surface area contributed by atoms with Crippen molar-refractivity contribution in [3.63, 3.8) is 0 Å². The van der Waals surface area contributed by atoms with Crippen molar-refractivity contribution in [3.8, 4) is 0 Å². The molecule has 6 nitrogen and oxygen atoms in total. The number of piperidine rings is 1. The zero-order valence-electron chi connectivity index (χ0n) is 16.3. The predicted molar refractivity (Wildman–Crippen MR) is 109 cm³/mol. The van der Waals surface area contributed by atoms with Crippen LogP contribution >= 0.6 is 0 Å². The number of pyridine rings is 2. The fraction of sp³-hybridized carbons (Fsp3) is 0.619. The lowest BCUT2D eigenvalue weighted by Gasteiger charge is -2.37. The number of hydrogen-bond donors (Lipinski definition) is 2. The van der Waals surface area contributed by atoms with Crippen molar-refractivity contribution in [2.24, 2.45) is 5.92 Å². The third-order valence-electron chi connectivity index (χ3n) is 6.05. The van der Waals surface area contributed by atoms with Gasteiger partial charge in [0.1, 0.15) is 0 Å². The maximum Gasteiger partial charge on any atom is 0.251 e. The zero-order valence-corrected chi connectivity index (χ0v) is 16.3. The molecule has 0 spiro atoms. The van der Waals surface area contributed by atoms with Crippen LogP contribution in [0.2, 0.25) is 0 Å². The number of hydrogen-bond acceptors (Lipinski definition) is 5. The minimum Gasteiger partial charge on any atom is -0.320 e. The molecule has 2 aromatic rings. The predicted octanol–water partition coefficient (Wildman–Crippen LogP) is 1.60. The molecule has 2 saturated heterocycles. The number of piperazine rings is 1. The van der Waals surface area contributed by atoms with Crippen LogP contribution in [0, 0.1) is 5.92 Å². The molecule has 4 heterocycles. The van der Waals surface area contributed by atoms with E-state index in [2.05, 4.69) is 31.2 Å². The maximum atomic E-state index is 12.1. The Bertz CT molecular complexity index is 819. The first kappa shape index (κ1) is 18.6. The van der Waals surface area contributed by atoms with Gasteiger partial charge in [-0.05, 0) is 56.0 Å². The topological polar surface area (TPSA) is 64.3 Å². The third-order valence-corrected chi connectivity index (χ3v) is 6.05. The summed E-state index contributed by atoms with van der Waals surface area (Å²) >= 11 is 0. The summed E-state index contributed by atoms with van der Waals surface area (Å²) < 4.78 is 0. The summed E-state index contributed by atoms with van der Waals surface area (Å²) in [7, 11) is 0. The van der Waals surface area contributed by atoms with Crippen molar-refractivity contribution in [2.45, 2.75) is 32.7 Å². The van der Waals surface area contributed by atoms with Crippen LogP contribution in [0.3, 0.4) is 0 Å². The molecule has 0 aromatic carbocycles. The summed E-state index contributed by atoms with van der Waals surface area (Å²) in [5.41, 5.74) is 3.71. The Morgan fingerprint density at radius 1 is 1.11 bits per heavy atom. The minimum absolute atomic E-state index is 0.00970. The number of aryl methyl sites for hydroxylation is 1. The minimum atomic E-state index is 0.00970. The van der Waals surface area contributed by atoms with Crippen molar-refractivity contribution in [3.05, 3.63) is 39.8 Å². The van der Waals surface area contributed by atoms with E-state index >= 15 is 0 Å². The lowest BCUT2D eigenvalue weighted by atomic mass is 9.97. The number of nitrogens with one attached hydrogen (secondary N) is 2. The molecule has 0 unspecified atom stereocenters. The second-order valence-electron chi connectivity index (χ2n) is 8.02.